The number of nitrogens with zero attached hydrogens (tertiary/aromatic N) is 3. The van der Waals surface area contributed by atoms with Crippen molar-refractivity contribution in [1.29, 1.82) is 0 Å². The number of hydrogen-bond donors (Lipinski definition) is 1. The van der Waals surface area contributed by atoms with E-state index in [0.29, 0.717) is 24.0 Å². The van der Waals surface area contributed by atoms with E-state index in [9.17, 15) is 4.39 Å². The van der Waals surface area contributed by atoms with E-state index in [2.05, 4.69) is 15.2 Å². The van der Waals surface area contributed by atoms with E-state index in [1.807, 2.05) is 47.2 Å². The number of para-hydroxylation sites is 1. The Bertz CT molecular complexity index is 962. The van der Waals surface area contributed by atoms with Crippen LogP contribution in [0.3, 0.4) is 0 Å². The van der Waals surface area contributed by atoms with Gasteiger partial charge >= 0.3 is 0 Å². The normalized spacial score (nSPS) is 19.1. The van der Waals surface area contributed by atoms with Gasteiger partial charge in [0.25, 0.3) is 0 Å². The van der Waals surface area contributed by atoms with Gasteiger partial charge in [0.05, 0.1) is 30.1 Å². The van der Waals surface area contributed by atoms with Crippen LogP contribution in [-0.2, 0) is 4.74 Å². The van der Waals surface area contributed by atoms with Crippen molar-refractivity contribution in [2.24, 2.45) is 0 Å². The molecule has 0 spiro atoms. The topological polar surface area (TPSA) is 42.3 Å². The largest absolute Gasteiger partial charge is 0.383 e. The third-order valence-electron chi connectivity index (χ3n) is 4.93. The SMILES string of the molecule is COCCN1C(=S)N[C@H](c2ccccn2)[C@H]1c1cccn1-c1ccccc1F. The Morgan fingerprint density at radius 3 is 2.71 bits per heavy atom. The molecule has 1 aliphatic heterocycles. The fraction of sp³-hybridized carbons (Fsp3) is 0.238. The molecule has 5 nitrogen and oxygen atoms in total. The molecule has 0 bridgehead atoms. The monoisotopic (exact) mass is 396 g/mol. The molecule has 3 heterocycles. The van der Waals surface area contributed by atoms with Gasteiger partial charge in [-0.05, 0) is 48.6 Å². The Labute approximate surface area is 168 Å². The second kappa shape index (κ2) is 8.08. The van der Waals surface area contributed by atoms with Crippen LogP contribution in [0, 0.1) is 5.82 Å². The number of rotatable bonds is 6. The summed E-state index contributed by atoms with van der Waals surface area (Å²) in [4.78, 5) is 6.61. The van der Waals surface area contributed by atoms with Crippen LogP contribution in [0.5, 0.6) is 0 Å². The first-order chi connectivity index (χ1) is 13.7. The first kappa shape index (κ1) is 18.6. The summed E-state index contributed by atoms with van der Waals surface area (Å²) in [6.07, 6.45) is 3.64. The highest BCUT2D eigenvalue weighted by Crippen LogP contribution is 2.39. The van der Waals surface area contributed by atoms with E-state index in [1.165, 1.54) is 6.07 Å². The van der Waals surface area contributed by atoms with Crippen molar-refractivity contribution in [3.05, 3.63) is 84.2 Å². The summed E-state index contributed by atoms with van der Waals surface area (Å²) < 4.78 is 21.7. The lowest BCUT2D eigenvalue weighted by Crippen LogP contribution is -2.33. The zero-order chi connectivity index (χ0) is 19.5. The maximum atomic E-state index is 14.5. The van der Waals surface area contributed by atoms with Gasteiger partial charge < -0.3 is 19.5 Å². The van der Waals surface area contributed by atoms with Crippen molar-refractivity contribution in [2.75, 3.05) is 20.3 Å². The predicted molar refractivity (Wildman–Crippen MR) is 110 cm³/mol. The van der Waals surface area contributed by atoms with Crippen LogP contribution in [0.25, 0.3) is 5.69 Å². The van der Waals surface area contributed by atoms with Gasteiger partial charge in [0.1, 0.15) is 5.82 Å². The molecule has 1 aromatic carbocycles. The van der Waals surface area contributed by atoms with Crippen molar-refractivity contribution < 1.29 is 9.13 Å². The molecule has 4 rings (SSSR count). The van der Waals surface area contributed by atoms with Gasteiger partial charge in [-0.1, -0.05) is 18.2 Å². The number of benzene rings is 1. The summed E-state index contributed by atoms with van der Waals surface area (Å²) >= 11 is 5.62. The molecule has 7 heteroatoms. The molecule has 3 aromatic rings. The predicted octanol–water partition coefficient (Wildman–Crippen LogP) is 3.63. The van der Waals surface area contributed by atoms with Gasteiger partial charge in [0.15, 0.2) is 5.11 Å². The summed E-state index contributed by atoms with van der Waals surface area (Å²) in [5, 5.41) is 4.03. The molecular weight excluding hydrogens is 375 g/mol. The van der Waals surface area contributed by atoms with Crippen molar-refractivity contribution in [3.8, 4) is 5.69 Å². The zero-order valence-corrected chi connectivity index (χ0v) is 16.3. The van der Waals surface area contributed by atoms with Gasteiger partial charge in [0, 0.05) is 31.7 Å². The summed E-state index contributed by atoms with van der Waals surface area (Å²) in [6.45, 7) is 1.16. The fourth-order valence-corrected chi connectivity index (χ4v) is 3.99. The number of pyridine rings is 1. The second-order valence-electron chi connectivity index (χ2n) is 6.57. The number of thiocarbonyl (C=S) groups is 1. The number of ether oxygens (including phenoxy) is 1. The molecule has 0 radical (unpaired) electrons. The number of aromatic nitrogens is 2. The first-order valence-electron chi connectivity index (χ1n) is 9.10. The lowest BCUT2D eigenvalue weighted by atomic mass is 10.0. The van der Waals surface area contributed by atoms with Crippen molar-refractivity contribution in [2.45, 2.75) is 12.1 Å². The van der Waals surface area contributed by atoms with E-state index in [-0.39, 0.29) is 17.9 Å². The number of nitrogens with one attached hydrogen (secondary N) is 1. The Morgan fingerprint density at radius 2 is 1.96 bits per heavy atom. The molecule has 0 unspecified atom stereocenters. The van der Waals surface area contributed by atoms with E-state index < -0.39 is 0 Å². The average molecular weight is 396 g/mol. The van der Waals surface area contributed by atoms with Crippen molar-refractivity contribution in [1.82, 2.24) is 19.8 Å². The molecule has 0 aliphatic carbocycles. The molecule has 1 aliphatic rings. The van der Waals surface area contributed by atoms with Gasteiger partial charge in [0.2, 0.25) is 0 Å². The lowest BCUT2D eigenvalue weighted by molar-refractivity contribution is 0.163. The Hall–Kier alpha value is -2.77. The van der Waals surface area contributed by atoms with Gasteiger partial charge in [-0.25, -0.2) is 4.39 Å². The van der Waals surface area contributed by atoms with Gasteiger partial charge in [-0.2, -0.15) is 0 Å². The molecule has 28 heavy (non-hydrogen) atoms. The third kappa shape index (κ3) is 3.39. The quantitative estimate of drug-likeness (QED) is 0.645. The maximum absolute atomic E-state index is 14.5. The van der Waals surface area contributed by atoms with Crippen molar-refractivity contribution >= 4 is 17.3 Å². The van der Waals surface area contributed by atoms with Crippen LogP contribution in [-0.4, -0.2) is 39.8 Å². The van der Waals surface area contributed by atoms with Crippen molar-refractivity contribution in [3.63, 3.8) is 0 Å². The van der Waals surface area contributed by atoms with Crippen LogP contribution >= 0.6 is 12.2 Å². The van der Waals surface area contributed by atoms with E-state index in [0.717, 1.165) is 11.4 Å². The molecular formula is C21H21FN4OS. The van der Waals surface area contributed by atoms with Crippen LogP contribution in [0.4, 0.5) is 4.39 Å². The molecule has 1 saturated heterocycles. The minimum atomic E-state index is -0.272. The molecule has 0 saturated carbocycles. The highest BCUT2D eigenvalue weighted by Gasteiger charge is 2.41. The smallest absolute Gasteiger partial charge is 0.170 e. The molecule has 2 aromatic heterocycles. The second-order valence-corrected chi connectivity index (χ2v) is 6.95. The van der Waals surface area contributed by atoms with Crippen LogP contribution < -0.4 is 5.32 Å². The first-order valence-corrected chi connectivity index (χ1v) is 9.50. The average Bonchev–Trinajstić information content (AvgIpc) is 3.31. The Morgan fingerprint density at radius 1 is 1.14 bits per heavy atom. The third-order valence-corrected chi connectivity index (χ3v) is 5.28. The van der Waals surface area contributed by atoms with Gasteiger partial charge in [-0.3, -0.25) is 4.98 Å². The van der Waals surface area contributed by atoms with E-state index in [1.54, 1.807) is 25.4 Å². The minimum absolute atomic E-state index is 0.146. The Balaban J connectivity index is 1.81. The van der Waals surface area contributed by atoms with Crippen LogP contribution in [0.2, 0.25) is 0 Å². The minimum Gasteiger partial charge on any atom is -0.383 e. The van der Waals surface area contributed by atoms with E-state index in [4.69, 9.17) is 17.0 Å². The number of hydrogen-bond acceptors (Lipinski definition) is 3. The summed E-state index contributed by atoms with van der Waals surface area (Å²) in [7, 11) is 1.67. The zero-order valence-electron chi connectivity index (χ0n) is 15.5. The standard InChI is InChI=1S/C21H21FN4OS/c1-27-14-13-26-20(19(24-21(26)28)16-8-4-5-11-23-16)18-10-6-12-25(18)17-9-3-2-7-15(17)22/h2-12,19-20H,13-14H2,1H3,(H,24,28)/t19-,20-/m1/s1. The Kier molecular flexibility index (Phi) is 5.36. The summed E-state index contributed by atoms with van der Waals surface area (Å²) in [6, 6.07) is 16.2. The van der Waals surface area contributed by atoms with Gasteiger partial charge in [-0.15, -0.1) is 0 Å². The maximum Gasteiger partial charge on any atom is 0.170 e. The number of halogens is 1. The van der Waals surface area contributed by atoms with Crippen LogP contribution in [0.1, 0.15) is 23.5 Å². The number of methoxy groups -OCH3 is 1. The van der Waals surface area contributed by atoms with E-state index >= 15 is 0 Å². The molecule has 0 amide bonds. The highest BCUT2D eigenvalue weighted by atomic mass is 32.1. The molecule has 2 atom stereocenters. The highest BCUT2D eigenvalue weighted by molar-refractivity contribution is 7.80. The fourth-order valence-electron chi connectivity index (χ4n) is 3.66. The summed E-state index contributed by atoms with van der Waals surface area (Å²) in [5.74, 6) is -0.272. The molecule has 144 valence electrons. The molecule has 1 fully saturated rings. The molecule has 1 N–H and O–H groups in total. The summed E-state index contributed by atoms with van der Waals surface area (Å²) in [5.41, 5.74) is 2.33. The lowest BCUT2D eigenvalue weighted by Gasteiger charge is -2.28. The van der Waals surface area contributed by atoms with Crippen LogP contribution in [0.15, 0.2) is 67.0 Å².